The zero-order valence-corrected chi connectivity index (χ0v) is 14.4. The molecule has 0 bridgehead atoms. The van der Waals surface area contributed by atoms with Gasteiger partial charge in [-0.15, -0.1) is 0 Å². The van der Waals surface area contributed by atoms with E-state index in [2.05, 4.69) is 14.2 Å². The average Bonchev–Trinajstić information content (AvgIpc) is 2.53. The largest absolute Gasteiger partial charge is 0.481 e. The number of hydrogen-bond acceptors (Lipinski definition) is 9. The lowest BCUT2D eigenvalue weighted by molar-refractivity contribution is -0.384. The second-order valence-electron chi connectivity index (χ2n) is 4.40. The molecule has 0 saturated heterocycles. The van der Waals surface area contributed by atoms with Crippen LogP contribution in [0.15, 0.2) is 30.3 Å². The molecular formula is C12H10ClN5O7S. The van der Waals surface area contributed by atoms with E-state index >= 15 is 0 Å². The van der Waals surface area contributed by atoms with E-state index in [0.29, 0.717) is 0 Å². The lowest BCUT2D eigenvalue weighted by Gasteiger charge is -2.09. The molecule has 138 valence electrons. The van der Waals surface area contributed by atoms with Gasteiger partial charge in [-0.05, 0) is 12.1 Å². The summed E-state index contributed by atoms with van der Waals surface area (Å²) >= 11 is 5.69. The van der Waals surface area contributed by atoms with Gasteiger partial charge in [0.1, 0.15) is 10.9 Å². The van der Waals surface area contributed by atoms with E-state index in [1.165, 1.54) is 13.2 Å². The predicted molar refractivity (Wildman–Crippen MR) is 88.4 cm³/mol. The Morgan fingerprint density at radius 1 is 1.27 bits per heavy atom. The molecule has 14 heteroatoms. The number of ether oxygens (including phenoxy) is 1. The highest BCUT2D eigenvalue weighted by molar-refractivity contribution is 7.85. The number of nitro groups is 1. The first-order chi connectivity index (χ1) is 12.2. The summed E-state index contributed by atoms with van der Waals surface area (Å²) in [7, 11) is -3.25. The lowest BCUT2D eigenvalue weighted by atomic mass is 10.3. The summed E-state index contributed by atoms with van der Waals surface area (Å²) in [4.78, 5) is 29.0. The van der Waals surface area contributed by atoms with Crippen molar-refractivity contribution in [2.45, 2.75) is 0 Å². The van der Waals surface area contributed by atoms with Gasteiger partial charge in [0.2, 0.25) is 11.8 Å². The molecule has 2 amide bonds. The number of halogens is 1. The van der Waals surface area contributed by atoms with Crippen LogP contribution in [0.25, 0.3) is 0 Å². The number of amides is 2. The number of nitrogens with one attached hydrogen (secondary N) is 2. The van der Waals surface area contributed by atoms with E-state index in [1.807, 2.05) is 5.32 Å². The Labute approximate surface area is 151 Å². The quantitative estimate of drug-likeness (QED) is 0.413. The van der Waals surface area contributed by atoms with Gasteiger partial charge in [0.15, 0.2) is 0 Å². The Bertz CT molecular complexity index is 935. The molecule has 0 aliphatic heterocycles. The van der Waals surface area contributed by atoms with Crippen LogP contribution in [0.4, 0.5) is 16.4 Å². The standard InChI is InChI=1S/C12H10ClN5O7S/c1-24-10-6-9(13)14-11(15-10)16-12(19)17-26(22,23)25-8-4-2-7(3-5-8)18(20)21/h2-6H,1H3,(H2,14,15,16,17,19). The molecule has 26 heavy (non-hydrogen) atoms. The third kappa shape index (κ3) is 5.42. The second-order valence-corrected chi connectivity index (χ2v) is 6.07. The normalized spacial score (nSPS) is 10.7. The summed E-state index contributed by atoms with van der Waals surface area (Å²) < 4.78 is 34.6. The third-order valence-electron chi connectivity index (χ3n) is 2.58. The van der Waals surface area contributed by atoms with Crippen molar-refractivity contribution in [3.05, 3.63) is 45.6 Å². The van der Waals surface area contributed by atoms with Crippen molar-refractivity contribution in [3.8, 4) is 11.6 Å². The van der Waals surface area contributed by atoms with Crippen molar-refractivity contribution < 1.29 is 27.1 Å². The van der Waals surface area contributed by atoms with Crippen molar-refractivity contribution in [1.29, 1.82) is 0 Å². The average molecular weight is 404 g/mol. The number of urea groups is 1. The van der Waals surface area contributed by atoms with Gasteiger partial charge in [0.05, 0.1) is 12.0 Å². The van der Waals surface area contributed by atoms with Gasteiger partial charge < -0.3 is 8.92 Å². The molecule has 0 aliphatic rings. The Kier molecular flexibility index (Phi) is 5.74. The van der Waals surface area contributed by atoms with Crippen molar-refractivity contribution in [1.82, 2.24) is 14.7 Å². The van der Waals surface area contributed by atoms with Gasteiger partial charge in [-0.1, -0.05) is 11.6 Å². The molecule has 2 aromatic rings. The van der Waals surface area contributed by atoms with Gasteiger partial charge in [-0.25, -0.2) is 14.5 Å². The van der Waals surface area contributed by atoms with Crippen LogP contribution in [-0.2, 0) is 10.3 Å². The van der Waals surface area contributed by atoms with Crippen molar-refractivity contribution >= 4 is 39.6 Å². The van der Waals surface area contributed by atoms with Crippen LogP contribution in [0.2, 0.25) is 5.15 Å². The summed E-state index contributed by atoms with van der Waals surface area (Å²) in [5.74, 6) is -0.501. The SMILES string of the molecule is COc1cc(Cl)nc(NC(=O)NS(=O)(=O)Oc2ccc([N+](=O)[O-])cc2)n1. The third-order valence-corrected chi connectivity index (χ3v) is 3.62. The van der Waals surface area contributed by atoms with Crippen LogP contribution in [0, 0.1) is 10.1 Å². The van der Waals surface area contributed by atoms with E-state index in [9.17, 15) is 23.3 Å². The van der Waals surface area contributed by atoms with E-state index in [-0.39, 0.29) is 28.4 Å². The number of non-ortho nitro benzene ring substituents is 1. The lowest BCUT2D eigenvalue weighted by Crippen LogP contribution is -2.37. The highest BCUT2D eigenvalue weighted by Crippen LogP contribution is 2.18. The Balaban J connectivity index is 2.03. The van der Waals surface area contributed by atoms with Crippen LogP contribution in [0.5, 0.6) is 11.6 Å². The number of aromatic nitrogens is 2. The molecule has 1 heterocycles. The van der Waals surface area contributed by atoms with Crippen molar-refractivity contribution in [2.75, 3.05) is 12.4 Å². The van der Waals surface area contributed by atoms with Crippen LogP contribution in [-0.4, -0.2) is 36.4 Å². The molecule has 0 saturated carbocycles. The monoisotopic (exact) mass is 403 g/mol. The van der Waals surface area contributed by atoms with E-state index in [0.717, 1.165) is 24.3 Å². The molecule has 2 N–H and O–H groups in total. The Morgan fingerprint density at radius 3 is 2.50 bits per heavy atom. The minimum absolute atomic E-state index is 0.0443. The fourth-order valence-corrected chi connectivity index (χ4v) is 2.43. The molecule has 0 unspecified atom stereocenters. The molecular weight excluding hydrogens is 394 g/mol. The predicted octanol–water partition coefficient (Wildman–Crippen LogP) is 1.49. The first-order valence-electron chi connectivity index (χ1n) is 6.55. The fraction of sp³-hybridized carbons (Fsp3) is 0.0833. The molecule has 0 atom stereocenters. The molecule has 0 fully saturated rings. The number of rotatable bonds is 6. The highest BCUT2D eigenvalue weighted by Gasteiger charge is 2.18. The maximum Gasteiger partial charge on any atom is 0.411 e. The smallest absolute Gasteiger partial charge is 0.411 e. The van der Waals surface area contributed by atoms with Crippen LogP contribution in [0.3, 0.4) is 0 Å². The summed E-state index contributed by atoms with van der Waals surface area (Å²) in [6, 6.07) is 4.24. The summed E-state index contributed by atoms with van der Waals surface area (Å²) in [5.41, 5.74) is -0.257. The fourth-order valence-electron chi connectivity index (χ4n) is 1.57. The topological polar surface area (TPSA) is 163 Å². The molecule has 0 radical (unpaired) electrons. The highest BCUT2D eigenvalue weighted by atomic mass is 35.5. The van der Waals surface area contributed by atoms with E-state index in [1.54, 1.807) is 4.72 Å². The number of benzene rings is 1. The summed E-state index contributed by atoms with van der Waals surface area (Å²) in [6.45, 7) is 0. The van der Waals surface area contributed by atoms with Gasteiger partial charge >= 0.3 is 16.3 Å². The molecule has 12 nitrogen and oxygen atoms in total. The minimum Gasteiger partial charge on any atom is -0.481 e. The summed E-state index contributed by atoms with van der Waals surface area (Å²) in [6.07, 6.45) is 0. The Morgan fingerprint density at radius 2 is 1.92 bits per heavy atom. The molecule has 2 rings (SSSR count). The van der Waals surface area contributed by atoms with E-state index < -0.39 is 21.3 Å². The second kappa shape index (κ2) is 7.79. The molecule has 1 aromatic carbocycles. The number of nitrogens with zero attached hydrogens (tertiary/aromatic N) is 3. The summed E-state index contributed by atoms with van der Waals surface area (Å²) in [5, 5.41) is 12.5. The molecule has 0 aliphatic carbocycles. The van der Waals surface area contributed by atoms with Gasteiger partial charge in [0, 0.05) is 18.2 Å². The maximum atomic E-state index is 11.8. The molecule has 1 aromatic heterocycles. The first-order valence-corrected chi connectivity index (χ1v) is 8.33. The number of anilines is 1. The van der Waals surface area contributed by atoms with Crippen LogP contribution < -0.4 is 19.0 Å². The zero-order chi connectivity index (χ0) is 19.3. The number of methoxy groups -OCH3 is 1. The van der Waals surface area contributed by atoms with Crippen molar-refractivity contribution in [2.24, 2.45) is 0 Å². The van der Waals surface area contributed by atoms with Crippen molar-refractivity contribution in [3.63, 3.8) is 0 Å². The van der Waals surface area contributed by atoms with Gasteiger partial charge in [0.25, 0.3) is 5.69 Å². The van der Waals surface area contributed by atoms with Gasteiger partial charge in [-0.3, -0.25) is 15.4 Å². The first kappa shape index (κ1) is 19.1. The maximum absolute atomic E-state index is 11.8. The number of nitro benzene ring substituents is 1. The number of hydrogen-bond donors (Lipinski definition) is 2. The van der Waals surface area contributed by atoms with Gasteiger partial charge in [-0.2, -0.15) is 13.4 Å². The minimum atomic E-state index is -4.56. The van der Waals surface area contributed by atoms with Crippen LogP contribution in [0.1, 0.15) is 0 Å². The molecule has 0 spiro atoms. The van der Waals surface area contributed by atoms with E-state index in [4.69, 9.17) is 16.3 Å². The number of carbonyl (C=O) groups excluding carboxylic acids is 1. The van der Waals surface area contributed by atoms with Crippen LogP contribution >= 0.6 is 11.6 Å². The number of carbonyl (C=O) groups is 1. The Hall–Kier alpha value is -3.19. The zero-order valence-electron chi connectivity index (χ0n) is 12.9.